The molecule has 92 valence electrons. The molecule has 0 fully saturated rings. The van der Waals surface area contributed by atoms with E-state index >= 15 is 0 Å². The van der Waals surface area contributed by atoms with Crippen LogP contribution in [0.25, 0.3) is 0 Å². The van der Waals surface area contributed by atoms with E-state index in [2.05, 4.69) is 16.4 Å². The Morgan fingerprint density at radius 3 is 2.89 bits per heavy atom. The van der Waals surface area contributed by atoms with Crippen LogP contribution in [0.2, 0.25) is 5.15 Å². The zero-order valence-corrected chi connectivity index (χ0v) is 11.0. The Labute approximate surface area is 111 Å². The van der Waals surface area contributed by atoms with Gasteiger partial charge in [-0.3, -0.25) is 0 Å². The van der Waals surface area contributed by atoms with Gasteiger partial charge in [0.2, 0.25) is 0 Å². The molecule has 0 aliphatic rings. The van der Waals surface area contributed by atoms with E-state index in [1.54, 1.807) is 12.3 Å². The Bertz CT molecular complexity index is 610. The molecule has 18 heavy (non-hydrogen) atoms. The number of pyridine rings is 1. The smallest absolute Gasteiger partial charge is 0.131 e. The summed E-state index contributed by atoms with van der Waals surface area (Å²) in [6.07, 6.45) is 1.66. The van der Waals surface area contributed by atoms with E-state index in [4.69, 9.17) is 16.9 Å². The van der Waals surface area contributed by atoms with Gasteiger partial charge in [-0.05, 0) is 30.7 Å². The monoisotopic (exact) mass is 260 g/mol. The lowest BCUT2D eigenvalue weighted by Gasteiger charge is -2.06. The first-order chi connectivity index (χ1) is 8.61. The van der Waals surface area contributed by atoms with Crippen LogP contribution < -0.4 is 5.32 Å². The molecule has 2 rings (SSSR count). The minimum Gasteiger partial charge on any atom is -0.381 e. The maximum absolute atomic E-state index is 8.96. The highest BCUT2D eigenvalue weighted by molar-refractivity contribution is 6.29. The first-order valence-electron chi connectivity index (χ1n) is 5.52. The standard InChI is InChI=1S/C13H13ClN4/c1-9-10(5-12(7-15)18(9)2)8-17-11-3-4-16-13(14)6-11/h3-6H,8H2,1-2H3,(H,16,17). The van der Waals surface area contributed by atoms with Gasteiger partial charge in [0, 0.05) is 31.2 Å². The molecule has 2 heterocycles. The van der Waals surface area contributed by atoms with Gasteiger partial charge in [0.15, 0.2) is 0 Å². The first kappa shape index (κ1) is 12.5. The van der Waals surface area contributed by atoms with Gasteiger partial charge in [-0.2, -0.15) is 5.26 Å². The van der Waals surface area contributed by atoms with Gasteiger partial charge in [0.1, 0.15) is 16.9 Å². The van der Waals surface area contributed by atoms with Crippen molar-refractivity contribution in [3.63, 3.8) is 0 Å². The molecule has 0 amide bonds. The summed E-state index contributed by atoms with van der Waals surface area (Å²) in [7, 11) is 1.89. The van der Waals surface area contributed by atoms with Gasteiger partial charge in [0.05, 0.1) is 0 Å². The first-order valence-corrected chi connectivity index (χ1v) is 5.90. The van der Waals surface area contributed by atoms with Crippen molar-refractivity contribution in [2.45, 2.75) is 13.5 Å². The SMILES string of the molecule is Cc1c(CNc2ccnc(Cl)c2)cc(C#N)n1C. The number of hydrogen-bond acceptors (Lipinski definition) is 3. The molecule has 0 radical (unpaired) electrons. The van der Waals surface area contributed by atoms with Crippen molar-refractivity contribution in [3.05, 3.63) is 46.5 Å². The zero-order valence-electron chi connectivity index (χ0n) is 10.2. The van der Waals surface area contributed by atoms with Crippen LogP contribution >= 0.6 is 11.6 Å². The highest BCUT2D eigenvalue weighted by Crippen LogP contribution is 2.17. The largest absolute Gasteiger partial charge is 0.381 e. The lowest BCUT2D eigenvalue weighted by Crippen LogP contribution is -2.01. The maximum atomic E-state index is 8.96. The highest BCUT2D eigenvalue weighted by Gasteiger charge is 2.08. The van der Waals surface area contributed by atoms with Gasteiger partial charge in [-0.25, -0.2) is 4.98 Å². The molecule has 2 aromatic rings. The molecule has 1 N–H and O–H groups in total. The minimum absolute atomic E-state index is 0.461. The summed E-state index contributed by atoms with van der Waals surface area (Å²) in [5.41, 5.74) is 3.76. The third-order valence-electron chi connectivity index (χ3n) is 2.96. The lowest BCUT2D eigenvalue weighted by atomic mass is 10.2. The molecule has 4 nitrogen and oxygen atoms in total. The predicted molar refractivity (Wildman–Crippen MR) is 71.4 cm³/mol. The van der Waals surface area contributed by atoms with Crippen molar-refractivity contribution in [1.29, 1.82) is 5.26 Å². The summed E-state index contributed by atoms with van der Waals surface area (Å²) in [4.78, 5) is 3.92. The van der Waals surface area contributed by atoms with Crippen LogP contribution in [0.4, 0.5) is 5.69 Å². The number of anilines is 1. The van der Waals surface area contributed by atoms with Gasteiger partial charge in [-0.1, -0.05) is 11.6 Å². The van der Waals surface area contributed by atoms with Crippen molar-refractivity contribution in [2.75, 3.05) is 5.32 Å². The molecule has 0 saturated heterocycles. The van der Waals surface area contributed by atoms with Gasteiger partial charge >= 0.3 is 0 Å². The number of hydrogen-bond donors (Lipinski definition) is 1. The second kappa shape index (κ2) is 5.11. The fourth-order valence-electron chi connectivity index (χ4n) is 1.76. The highest BCUT2D eigenvalue weighted by atomic mass is 35.5. The summed E-state index contributed by atoms with van der Waals surface area (Å²) in [5, 5.41) is 12.7. The number of rotatable bonds is 3. The van der Waals surface area contributed by atoms with Crippen molar-refractivity contribution in [3.8, 4) is 6.07 Å². The molecule has 0 aromatic carbocycles. The molecule has 0 atom stereocenters. The fraction of sp³-hybridized carbons (Fsp3) is 0.231. The van der Waals surface area contributed by atoms with E-state index in [0.29, 0.717) is 17.4 Å². The summed E-state index contributed by atoms with van der Waals surface area (Å²) >= 11 is 5.81. The van der Waals surface area contributed by atoms with Gasteiger partial charge in [0.25, 0.3) is 0 Å². The third kappa shape index (κ3) is 2.47. The molecule has 2 aromatic heterocycles. The van der Waals surface area contributed by atoms with Crippen molar-refractivity contribution in [1.82, 2.24) is 9.55 Å². The third-order valence-corrected chi connectivity index (χ3v) is 3.17. The molecule has 0 aliphatic heterocycles. The van der Waals surface area contributed by atoms with Gasteiger partial charge in [-0.15, -0.1) is 0 Å². The number of aromatic nitrogens is 2. The molecule has 5 heteroatoms. The zero-order chi connectivity index (χ0) is 13.1. The number of nitrogens with one attached hydrogen (secondary N) is 1. The minimum atomic E-state index is 0.461. The molecular formula is C13H13ClN4. The Morgan fingerprint density at radius 1 is 1.50 bits per heavy atom. The fourth-order valence-corrected chi connectivity index (χ4v) is 1.93. The number of nitriles is 1. The van der Waals surface area contributed by atoms with Crippen LogP contribution in [0.15, 0.2) is 24.4 Å². The Hall–Kier alpha value is -1.99. The normalized spacial score (nSPS) is 10.1. The Kier molecular flexibility index (Phi) is 3.54. The van der Waals surface area contributed by atoms with Gasteiger partial charge < -0.3 is 9.88 Å². The second-order valence-electron chi connectivity index (χ2n) is 4.03. The van der Waals surface area contributed by atoms with E-state index in [1.165, 1.54) is 0 Å². The van der Waals surface area contributed by atoms with E-state index < -0.39 is 0 Å². The van der Waals surface area contributed by atoms with Crippen LogP contribution in [0.1, 0.15) is 17.0 Å². The van der Waals surface area contributed by atoms with E-state index in [0.717, 1.165) is 16.9 Å². The van der Waals surface area contributed by atoms with Crippen LogP contribution in [0.3, 0.4) is 0 Å². The van der Waals surface area contributed by atoms with Crippen LogP contribution in [-0.4, -0.2) is 9.55 Å². The van der Waals surface area contributed by atoms with E-state index in [9.17, 15) is 0 Å². The van der Waals surface area contributed by atoms with Crippen molar-refractivity contribution < 1.29 is 0 Å². The molecule has 0 saturated carbocycles. The Balaban J connectivity index is 2.14. The maximum Gasteiger partial charge on any atom is 0.131 e. The Morgan fingerprint density at radius 2 is 2.28 bits per heavy atom. The number of halogens is 1. The van der Waals surface area contributed by atoms with E-state index in [1.807, 2.05) is 30.7 Å². The summed E-state index contributed by atoms with van der Waals surface area (Å²) in [6, 6.07) is 7.69. The average molecular weight is 261 g/mol. The summed E-state index contributed by atoms with van der Waals surface area (Å²) in [5.74, 6) is 0. The van der Waals surface area contributed by atoms with Crippen LogP contribution in [-0.2, 0) is 13.6 Å². The lowest BCUT2D eigenvalue weighted by molar-refractivity contribution is 0.856. The van der Waals surface area contributed by atoms with Crippen molar-refractivity contribution in [2.24, 2.45) is 7.05 Å². The average Bonchev–Trinajstić information content (AvgIpc) is 2.64. The topological polar surface area (TPSA) is 53.6 Å². The summed E-state index contributed by atoms with van der Waals surface area (Å²) in [6.45, 7) is 2.65. The van der Waals surface area contributed by atoms with E-state index in [-0.39, 0.29) is 0 Å². The molecule has 0 aliphatic carbocycles. The number of nitrogens with zero attached hydrogens (tertiary/aromatic N) is 3. The van der Waals surface area contributed by atoms with Crippen LogP contribution in [0, 0.1) is 18.3 Å². The second-order valence-corrected chi connectivity index (χ2v) is 4.42. The van der Waals surface area contributed by atoms with Crippen LogP contribution in [0.5, 0.6) is 0 Å². The van der Waals surface area contributed by atoms with Crippen molar-refractivity contribution >= 4 is 17.3 Å². The summed E-state index contributed by atoms with van der Waals surface area (Å²) < 4.78 is 1.89. The molecular weight excluding hydrogens is 248 g/mol. The molecule has 0 spiro atoms. The molecule has 0 bridgehead atoms. The quantitative estimate of drug-likeness (QED) is 0.864. The molecule has 0 unspecified atom stereocenters. The predicted octanol–water partition coefficient (Wildman–Crippen LogP) is 2.87.